The molecule has 1 amide bonds. The number of hydrogen-bond acceptors (Lipinski definition) is 3. The maximum absolute atomic E-state index is 12.4. The number of aryl methyl sites for hydroxylation is 1. The summed E-state index contributed by atoms with van der Waals surface area (Å²) in [6.45, 7) is 0. The van der Waals surface area contributed by atoms with Gasteiger partial charge in [0, 0.05) is 31.0 Å². The van der Waals surface area contributed by atoms with Crippen molar-refractivity contribution in [3.8, 4) is 5.88 Å². The van der Waals surface area contributed by atoms with Crippen LogP contribution in [0.4, 0.5) is 0 Å². The zero-order valence-electron chi connectivity index (χ0n) is 11.6. The van der Waals surface area contributed by atoms with Gasteiger partial charge in [0.1, 0.15) is 0 Å². The van der Waals surface area contributed by atoms with Crippen LogP contribution in [-0.2, 0) is 7.05 Å². The first-order chi connectivity index (χ1) is 9.04. The average molecular weight is 330 g/mol. The van der Waals surface area contributed by atoms with E-state index < -0.39 is 0 Å². The highest BCUT2D eigenvalue weighted by atomic mass is 79.9. The van der Waals surface area contributed by atoms with Crippen LogP contribution in [0.25, 0.3) is 0 Å². The highest BCUT2D eigenvalue weighted by Gasteiger charge is 2.30. The Labute approximate surface area is 122 Å². The Morgan fingerprint density at radius 3 is 2.79 bits per heavy atom. The molecule has 2 unspecified atom stereocenters. The second-order valence-corrected chi connectivity index (χ2v) is 6.16. The fourth-order valence-corrected chi connectivity index (χ4v) is 3.52. The van der Waals surface area contributed by atoms with Crippen molar-refractivity contribution < 1.29 is 9.53 Å². The van der Waals surface area contributed by atoms with E-state index >= 15 is 0 Å². The van der Waals surface area contributed by atoms with E-state index in [1.807, 2.05) is 7.05 Å². The Bertz CT molecular complexity index is 461. The van der Waals surface area contributed by atoms with E-state index in [0.717, 1.165) is 12.8 Å². The molecule has 106 valence electrons. The minimum atomic E-state index is -0.0461. The molecule has 6 heteroatoms. The number of carbonyl (C=O) groups is 1. The number of aromatic nitrogens is 2. The van der Waals surface area contributed by atoms with Crippen LogP contribution in [-0.4, -0.2) is 45.6 Å². The third-order valence-electron chi connectivity index (χ3n) is 3.73. The van der Waals surface area contributed by atoms with Crippen LogP contribution < -0.4 is 4.74 Å². The van der Waals surface area contributed by atoms with Crippen LogP contribution in [0.2, 0.25) is 0 Å². The largest absolute Gasteiger partial charge is 0.481 e. The van der Waals surface area contributed by atoms with Crippen molar-refractivity contribution in [3.63, 3.8) is 0 Å². The number of rotatable bonds is 3. The van der Waals surface area contributed by atoms with E-state index in [-0.39, 0.29) is 11.9 Å². The van der Waals surface area contributed by atoms with Gasteiger partial charge < -0.3 is 9.64 Å². The molecule has 0 spiro atoms. The van der Waals surface area contributed by atoms with E-state index in [9.17, 15) is 4.79 Å². The maximum atomic E-state index is 12.4. The second-order valence-electron chi connectivity index (χ2n) is 4.98. The summed E-state index contributed by atoms with van der Waals surface area (Å²) in [6.07, 6.45) is 4.57. The number of carbonyl (C=O) groups excluding carboxylic acids is 1. The molecule has 2 atom stereocenters. The van der Waals surface area contributed by atoms with Crippen molar-refractivity contribution in [2.45, 2.75) is 36.6 Å². The molecule has 1 aliphatic rings. The molecule has 1 aliphatic carbocycles. The first kappa shape index (κ1) is 14.4. The number of alkyl halides is 1. The summed E-state index contributed by atoms with van der Waals surface area (Å²) >= 11 is 3.69. The molecular formula is C13H20BrN3O2. The monoisotopic (exact) mass is 329 g/mol. The van der Waals surface area contributed by atoms with Gasteiger partial charge in [-0.25, -0.2) is 4.68 Å². The van der Waals surface area contributed by atoms with E-state index in [4.69, 9.17) is 4.74 Å². The molecular weight excluding hydrogens is 310 g/mol. The first-order valence-corrected chi connectivity index (χ1v) is 7.45. The van der Waals surface area contributed by atoms with Crippen molar-refractivity contribution in [1.29, 1.82) is 0 Å². The van der Waals surface area contributed by atoms with Gasteiger partial charge in [-0.3, -0.25) is 4.79 Å². The van der Waals surface area contributed by atoms with Crippen molar-refractivity contribution >= 4 is 21.8 Å². The lowest BCUT2D eigenvalue weighted by molar-refractivity contribution is 0.0698. The maximum Gasteiger partial charge on any atom is 0.274 e. The number of nitrogens with zero attached hydrogens (tertiary/aromatic N) is 3. The van der Waals surface area contributed by atoms with E-state index in [2.05, 4.69) is 21.0 Å². The Morgan fingerprint density at radius 1 is 1.53 bits per heavy atom. The number of methoxy groups -OCH3 is 1. The third kappa shape index (κ3) is 2.94. The molecule has 0 N–H and O–H groups in total. The Hall–Kier alpha value is -1.04. The highest BCUT2D eigenvalue weighted by molar-refractivity contribution is 9.09. The topological polar surface area (TPSA) is 47.4 Å². The summed E-state index contributed by atoms with van der Waals surface area (Å²) in [6, 6.07) is 1.93. The van der Waals surface area contributed by atoms with E-state index in [1.165, 1.54) is 12.8 Å². The zero-order valence-corrected chi connectivity index (χ0v) is 13.2. The fraction of sp³-hybridized carbons (Fsp3) is 0.692. The van der Waals surface area contributed by atoms with Gasteiger partial charge in [-0.05, 0) is 12.8 Å². The second kappa shape index (κ2) is 5.94. The molecule has 2 rings (SSSR count). The molecule has 1 saturated carbocycles. The van der Waals surface area contributed by atoms with Crippen molar-refractivity contribution in [2.24, 2.45) is 7.05 Å². The van der Waals surface area contributed by atoms with Gasteiger partial charge in [0.2, 0.25) is 5.88 Å². The van der Waals surface area contributed by atoms with Crippen molar-refractivity contribution in [3.05, 3.63) is 11.8 Å². The van der Waals surface area contributed by atoms with Gasteiger partial charge in [-0.15, -0.1) is 0 Å². The number of halogens is 1. The lowest BCUT2D eigenvalue weighted by atomic mass is 9.94. The molecule has 19 heavy (non-hydrogen) atoms. The molecule has 1 heterocycles. The normalized spacial score (nSPS) is 23.2. The number of amides is 1. The van der Waals surface area contributed by atoms with E-state index in [1.54, 1.807) is 29.8 Å². The van der Waals surface area contributed by atoms with Gasteiger partial charge in [0.15, 0.2) is 5.69 Å². The lowest BCUT2D eigenvalue weighted by Gasteiger charge is -2.34. The summed E-state index contributed by atoms with van der Waals surface area (Å²) in [4.78, 5) is 14.6. The van der Waals surface area contributed by atoms with Crippen LogP contribution >= 0.6 is 15.9 Å². The molecule has 0 radical (unpaired) electrons. The third-order valence-corrected chi connectivity index (χ3v) is 4.80. The molecule has 0 saturated heterocycles. The van der Waals surface area contributed by atoms with Crippen LogP contribution in [0, 0.1) is 0 Å². The quantitative estimate of drug-likeness (QED) is 0.799. The van der Waals surface area contributed by atoms with Gasteiger partial charge >= 0.3 is 0 Å². The SMILES string of the molecule is COc1cc(C(=O)N(C)C2CCCCC2Br)nn1C. The summed E-state index contributed by atoms with van der Waals surface area (Å²) in [5.74, 6) is 0.547. The van der Waals surface area contributed by atoms with Crippen molar-refractivity contribution in [2.75, 3.05) is 14.2 Å². The molecule has 1 aromatic heterocycles. The predicted octanol–water partition coefficient (Wildman–Crippen LogP) is 2.21. The highest BCUT2D eigenvalue weighted by Crippen LogP contribution is 2.28. The number of hydrogen-bond donors (Lipinski definition) is 0. The predicted molar refractivity (Wildman–Crippen MR) is 76.8 cm³/mol. The molecule has 0 bridgehead atoms. The summed E-state index contributed by atoms with van der Waals surface area (Å²) in [5, 5.41) is 4.21. The van der Waals surface area contributed by atoms with Crippen LogP contribution in [0.5, 0.6) is 5.88 Å². The smallest absolute Gasteiger partial charge is 0.274 e. The molecule has 1 fully saturated rings. The standard InChI is InChI=1S/C13H20BrN3O2/c1-16(11-7-5-4-6-9(11)14)13(18)10-8-12(19-3)17(2)15-10/h8-9,11H,4-7H2,1-3H3. The van der Waals surface area contributed by atoms with Crippen LogP contribution in [0.3, 0.4) is 0 Å². The van der Waals surface area contributed by atoms with Gasteiger partial charge in [0.25, 0.3) is 5.91 Å². The Morgan fingerprint density at radius 2 is 2.21 bits per heavy atom. The Kier molecular flexibility index (Phi) is 4.50. The summed E-state index contributed by atoms with van der Waals surface area (Å²) < 4.78 is 6.72. The minimum absolute atomic E-state index is 0.0461. The zero-order chi connectivity index (χ0) is 14.0. The van der Waals surface area contributed by atoms with Gasteiger partial charge in [-0.1, -0.05) is 28.8 Å². The van der Waals surface area contributed by atoms with Gasteiger partial charge in [-0.2, -0.15) is 5.10 Å². The first-order valence-electron chi connectivity index (χ1n) is 6.54. The molecule has 5 nitrogen and oxygen atoms in total. The Balaban J connectivity index is 2.13. The summed E-state index contributed by atoms with van der Waals surface area (Å²) in [7, 11) is 5.20. The van der Waals surface area contributed by atoms with Crippen LogP contribution in [0.1, 0.15) is 36.2 Å². The molecule has 0 aromatic carbocycles. The molecule has 1 aromatic rings. The lowest BCUT2D eigenvalue weighted by Crippen LogP contribution is -2.44. The average Bonchev–Trinajstić information content (AvgIpc) is 2.79. The van der Waals surface area contributed by atoms with Crippen molar-refractivity contribution in [1.82, 2.24) is 14.7 Å². The summed E-state index contributed by atoms with van der Waals surface area (Å²) in [5.41, 5.74) is 0.437. The molecule has 0 aliphatic heterocycles. The fourth-order valence-electron chi connectivity index (χ4n) is 2.58. The van der Waals surface area contributed by atoms with Crippen LogP contribution in [0.15, 0.2) is 6.07 Å². The van der Waals surface area contributed by atoms with Gasteiger partial charge in [0.05, 0.1) is 7.11 Å². The van der Waals surface area contributed by atoms with E-state index in [0.29, 0.717) is 16.4 Å². The number of ether oxygens (including phenoxy) is 1. The minimum Gasteiger partial charge on any atom is -0.481 e.